The second-order valence-corrected chi connectivity index (χ2v) is 12.6. The molecule has 1 aromatic heterocycles. The Kier molecular flexibility index (Phi) is 6.41. The number of nitriles is 1. The van der Waals surface area contributed by atoms with Crippen molar-refractivity contribution in [2.24, 2.45) is 5.92 Å². The van der Waals surface area contributed by atoms with E-state index in [1.807, 2.05) is 6.07 Å². The number of aromatic nitrogens is 2. The summed E-state index contributed by atoms with van der Waals surface area (Å²) < 4.78 is 91.6. The molecule has 0 bridgehead atoms. The molecular formula is C35H30F4N6O2. The van der Waals surface area contributed by atoms with Gasteiger partial charge in [0, 0.05) is 47.5 Å². The molecule has 8 nitrogen and oxygen atoms in total. The molecule has 1 saturated carbocycles. The van der Waals surface area contributed by atoms with E-state index in [1.165, 1.54) is 24.3 Å². The van der Waals surface area contributed by atoms with Crippen LogP contribution in [0, 0.1) is 41.2 Å². The lowest BCUT2D eigenvalue weighted by atomic mass is 9.90. The zero-order valence-corrected chi connectivity index (χ0v) is 25.1. The first-order valence-corrected chi connectivity index (χ1v) is 15.5. The highest BCUT2D eigenvalue weighted by Crippen LogP contribution is 2.47. The molecule has 4 heterocycles. The van der Waals surface area contributed by atoms with Crippen LogP contribution in [0.5, 0.6) is 6.01 Å². The van der Waals surface area contributed by atoms with Crippen LogP contribution in [0.15, 0.2) is 30.3 Å². The second-order valence-electron chi connectivity index (χ2n) is 12.6. The van der Waals surface area contributed by atoms with Crippen LogP contribution in [-0.2, 0) is 4.74 Å². The Morgan fingerprint density at radius 1 is 1.21 bits per heavy atom. The van der Waals surface area contributed by atoms with Crippen molar-refractivity contribution in [2.75, 3.05) is 50.0 Å². The number of hydrogen-bond acceptors (Lipinski definition) is 8. The van der Waals surface area contributed by atoms with Crippen molar-refractivity contribution in [3.63, 3.8) is 0 Å². The smallest absolute Gasteiger partial charge is 0.319 e. The molecule has 0 amide bonds. The first kappa shape index (κ1) is 27.5. The van der Waals surface area contributed by atoms with Crippen molar-refractivity contribution in [1.82, 2.24) is 14.9 Å². The first-order valence-electron chi connectivity index (χ1n) is 16.5. The summed E-state index contributed by atoms with van der Waals surface area (Å²) in [5.41, 5.74) is 4.20. The number of ether oxygens (including phenoxy) is 2. The number of rotatable bonds is 5. The highest BCUT2D eigenvalue weighted by Gasteiger charge is 2.56. The molecule has 4 fully saturated rings. The van der Waals surface area contributed by atoms with E-state index in [0.717, 1.165) is 0 Å². The average molecular weight is 645 g/mol. The molecule has 4 aliphatic rings. The molecule has 1 aliphatic carbocycles. The van der Waals surface area contributed by atoms with Gasteiger partial charge in [-0.05, 0) is 54.6 Å². The van der Waals surface area contributed by atoms with E-state index >= 15 is 8.78 Å². The maximum Gasteiger partial charge on any atom is 0.319 e. The number of halogens is 4. The van der Waals surface area contributed by atoms with Gasteiger partial charge >= 0.3 is 6.01 Å². The third kappa shape index (κ3) is 4.65. The normalized spacial score (nSPS) is 27.8. The van der Waals surface area contributed by atoms with Crippen molar-refractivity contribution in [3.05, 3.63) is 53.1 Å². The van der Waals surface area contributed by atoms with Crippen LogP contribution in [-0.4, -0.2) is 78.2 Å². The molecule has 4 aromatic rings. The number of hydrogen-bond donors (Lipinski definition) is 1. The molecule has 3 aromatic carbocycles. The molecule has 240 valence electrons. The lowest BCUT2D eigenvalue weighted by Gasteiger charge is -2.31. The average Bonchev–Trinajstić information content (AvgIpc) is 3.42. The summed E-state index contributed by atoms with van der Waals surface area (Å²) >= 11 is 0. The number of benzene rings is 3. The van der Waals surface area contributed by atoms with E-state index in [-0.39, 0.29) is 82.8 Å². The van der Waals surface area contributed by atoms with Gasteiger partial charge < -0.3 is 20.1 Å². The fraction of sp³-hybridized carbons (Fsp3) is 0.400. The van der Waals surface area contributed by atoms with Crippen LogP contribution in [0.3, 0.4) is 0 Å². The predicted molar refractivity (Wildman–Crippen MR) is 168 cm³/mol. The lowest BCUT2D eigenvalue weighted by molar-refractivity contribution is 0.107. The number of anilines is 2. The molecule has 12 heteroatoms. The Morgan fingerprint density at radius 2 is 2.06 bits per heavy atom. The molecule has 47 heavy (non-hydrogen) atoms. The van der Waals surface area contributed by atoms with Gasteiger partial charge in [-0.1, -0.05) is 12.0 Å². The summed E-state index contributed by atoms with van der Waals surface area (Å²) in [6, 6.07) is 7.74. The summed E-state index contributed by atoms with van der Waals surface area (Å²) in [6.07, 6.45) is 4.04. The minimum absolute atomic E-state index is 0.0294. The number of nitrogens with zero attached hydrogens (tertiary/aromatic N) is 5. The largest absolute Gasteiger partial charge is 0.461 e. The fourth-order valence-corrected chi connectivity index (χ4v) is 7.70. The monoisotopic (exact) mass is 644 g/mol. The third-order valence-corrected chi connectivity index (χ3v) is 9.90. The Hall–Kier alpha value is -4.65. The Morgan fingerprint density at radius 3 is 2.87 bits per heavy atom. The van der Waals surface area contributed by atoms with Gasteiger partial charge in [0.25, 0.3) is 0 Å². The highest BCUT2D eigenvalue weighted by molar-refractivity contribution is 6.06. The summed E-state index contributed by atoms with van der Waals surface area (Å²) in [5, 5.41) is 11.0. The van der Waals surface area contributed by atoms with E-state index in [4.69, 9.17) is 24.4 Å². The van der Waals surface area contributed by atoms with Crippen molar-refractivity contribution >= 4 is 33.2 Å². The van der Waals surface area contributed by atoms with E-state index in [1.54, 1.807) is 15.9 Å². The number of nitrogen functional groups attached to an aromatic ring is 1. The van der Waals surface area contributed by atoms with Crippen LogP contribution >= 0.6 is 0 Å². The Bertz CT molecular complexity index is 2140. The molecule has 0 spiro atoms. The minimum atomic E-state index is -2.50. The minimum Gasteiger partial charge on any atom is -0.461 e. The highest BCUT2D eigenvalue weighted by atomic mass is 19.1. The van der Waals surface area contributed by atoms with Gasteiger partial charge in [-0.15, -0.1) is 6.42 Å². The molecular weight excluding hydrogens is 612 g/mol. The van der Waals surface area contributed by atoms with Crippen molar-refractivity contribution in [1.29, 1.82) is 5.26 Å². The summed E-state index contributed by atoms with van der Waals surface area (Å²) in [5.74, 6) is 0.131. The molecule has 8 rings (SSSR count). The van der Waals surface area contributed by atoms with Gasteiger partial charge in [0.1, 0.15) is 36.1 Å². The number of alkyl halides is 2. The van der Waals surface area contributed by atoms with Crippen molar-refractivity contribution in [3.8, 4) is 35.6 Å². The summed E-state index contributed by atoms with van der Waals surface area (Å²) in [4.78, 5) is 12.2. The first-order chi connectivity index (χ1) is 23.5. The van der Waals surface area contributed by atoms with Crippen LogP contribution in [0.1, 0.15) is 33.1 Å². The van der Waals surface area contributed by atoms with Crippen molar-refractivity contribution in [2.45, 2.75) is 43.2 Å². The van der Waals surface area contributed by atoms with Gasteiger partial charge in [0.2, 0.25) is 0 Å². The Labute approximate surface area is 270 Å². The second kappa shape index (κ2) is 11.0. The van der Waals surface area contributed by atoms with E-state index in [2.05, 4.69) is 15.9 Å². The number of terminal acetylenes is 1. The van der Waals surface area contributed by atoms with Crippen LogP contribution in [0.4, 0.5) is 29.1 Å². The summed E-state index contributed by atoms with van der Waals surface area (Å²) in [6.45, 7) is -1.40. The molecule has 3 aliphatic heterocycles. The molecule has 5 atom stereocenters. The van der Waals surface area contributed by atoms with Crippen LogP contribution in [0.2, 0.25) is 0 Å². The fourth-order valence-electron chi connectivity index (χ4n) is 7.70. The maximum absolute atomic E-state index is 17.2. The van der Waals surface area contributed by atoms with Gasteiger partial charge in [0.15, 0.2) is 5.82 Å². The predicted octanol–water partition coefficient (Wildman–Crippen LogP) is 5.29. The zero-order chi connectivity index (χ0) is 34.4. The molecule has 0 radical (unpaired) electrons. The van der Waals surface area contributed by atoms with Gasteiger partial charge in [-0.3, -0.25) is 4.90 Å². The van der Waals surface area contributed by atoms with E-state index in [0.29, 0.717) is 24.8 Å². The van der Waals surface area contributed by atoms with E-state index < -0.39 is 54.0 Å². The Balaban J connectivity index is 1.37. The zero-order valence-electron chi connectivity index (χ0n) is 27.1. The number of nitrogens with two attached hydrogens (primary N) is 1. The standard InChI is InChI=1S/C35H30F4N6O2/c1-2-22-26(37)5-4-18-10-21(41)12-23(27(18)22)28-19(14-40)11-24-31(30(28)39)42-34(47-17-35-6-3-7-44(35)15-20(36)13-35)43-33(24)45-8-9-46-16-25-29(38)32(25)45/h1,4-5,10-12,20,25,29,32H,3,6-9,13,15-17,41H2/t20-,25+,29+,32+,35+/m1/s1/i17D2. The van der Waals surface area contributed by atoms with Gasteiger partial charge in [-0.2, -0.15) is 15.2 Å². The van der Waals surface area contributed by atoms with Gasteiger partial charge in [0.05, 0.1) is 44.7 Å². The molecule has 3 saturated heterocycles. The molecule has 0 unspecified atom stereocenters. The lowest BCUT2D eigenvalue weighted by Crippen LogP contribution is -2.43. The third-order valence-electron chi connectivity index (χ3n) is 9.90. The van der Waals surface area contributed by atoms with E-state index in [9.17, 15) is 14.0 Å². The quantitative estimate of drug-likeness (QED) is 0.178. The summed E-state index contributed by atoms with van der Waals surface area (Å²) in [7, 11) is 0. The maximum atomic E-state index is 17.2. The SMILES string of the molecule is [2H]C([2H])(Oc1nc(N2CCOC[C@H]3[C@H](F)[C@H]32)c2cc(C#N)c(-c3cc(N)cc4ccc(F)c(C#C)c34)c(F)c2n1)[C@@]12CCCN1C[C@H](F)C2. The van der Waals surface area contributed by atoms with Crippen molar-refractivity contribution < 1.29 is 29.8 Å². The topological polar surface area (TPSA) is 101 Å². The molecule has 2 N–H and O–H groups in total. The van der Waals surface area contributed by atoms with Crippen LogP contribution in [0.25, 0.3) is 32.8 Å². The number of fused-ring (bicyclic) bond motifs is 4. The van der Waals surface area contributed by atoms with Crippen LogP contribution < -0.4 is 15.4 Å². The van der Waals surface area contributed by atoms with Gasteiger partial charge in [-0.25, -0.2) is 17.6 Å².